The molecule has 146 valence electrons. The number of nitrogens with zero attached hydrogens (tertiary/aromatic N) is 2. The molecule has 3 N–H and O–H groups in total. The van der Waals surface area contributed by atoms with Crippen LogP contribution in [0, 0.1) is 0 Å². The highest BCUT2D eigenvalue weighted by molar-refractivity contribution is 6.01. The topological polar surface area (TPSA) is 87.5 Å². The van der Waals surface area contributed by atoms with Gasteiger partial charge in [-0.05, 0) is 45.3 Å². The first-order valence-corrected chi connectivity index (χ1v) is 9.42. The molecular formula is C20H28N4O3. The molecule has 3 atom stereocenters. The maximum atomic E-state index is 10.7. The zero-order valence-corrected chi connectivity index (χ0v) is 16.1. The Hall–Kier alpha value is -2.22. The van der Waals surface area contributed by atoms with E-state index in [0.717, 1.165) is 29.7 Å². The van der Waals surface area contributed by atoms with Gasteiger partial charge < -0.3 is 20.0 Å². The Bertz CT molecular complexity index is 734. The van der Waals surface area contributed by atoms with Crippen LogP contribution < -0.4 is 10.6 Å². The molecule has 0 aromatic carbocycles. The molecule has 0 saturated heterocycles. The third-order valence-electron chi connectivity index (χ3n) is 4.66. The molecular weight excluding hydrogens is 344 g/mol. The minimum atomic E-state index is -0.841. The first kappa shape index (κ1) is 19.5. The third-order valence-corrected chi connectivity index (χ3v) is 4.66. The normalized spacial score (nSPS) is 24.4. The number of allylic oxidation sites excluding steroid dienone is 3. The van der Waals surface area contributed by atoms with Crippen molar-refractivity contribution >= 4 is 11.5 Å². The van der Waals surface area contributed by atoms with Gasteiger partial charge in [0, 0.05) is 30.0 Å². The van der Waals surface area contributed by atoms with E-state index in [0.29, 0.717) is 19.0 Å². The van der Waals surface area contributed by atoms with Crippen molar-refractivity contribution in [2.75, 3.05) is 13.2 Å². The van der Waals surface area contributed by atoms with Crippen LogP contribution in [0.1, 0.15) is 33.6 Å². The molecule has 0 amide bonds. The number of amidine groups is 1. The molecule has 0 saturated carbocycles. The molecule has 0 fully saturated rings. The van der Waals surface area contributed by atoms with Gasteiger partial charge >= 0.3 is 0 Å². The van der Waals surface area contributed by atoms with Crippen molar-refractivity contribution in [3.8, 4) is 0 Å². The van der Waals surface area contributed by atoms with Crippen LogP contribution in [0.25, 0.3) is 0 Å². The lowest BCUT2D eigenvalue weighted by Gasteiger charge is -2.30. The second-order valence-electron chi connectivity index (χ2n) is 6.71. The number of ether oxygens (including phenoxy) is 1. The zero-order valence-electron chi connectivity index (χ0n) is 16.1. The Morgan fingerprint density at radius 3 is 3.04 bits per heavy atom. The van der Waals surface area contributed by atoms with E-state index in [1.165, 1.54) is 5.57 Å². The molecule has 3 rings (SSSR count). The highest BCUT2D eigenvalue weighted by atomic mass is 16.6. The number of rotatable bonds is 7. The molecule has 3 aliphatic rings. The van der Waals surface area contributed by atoms with E-state index < -0.39 is 6.23 Å². The van der Waals surface area contributed by atoms with Gasteiger partial charge in [-0.25, -0.2) is 4.99 Å². The van der Waals surface area contributed by atoms with Gasteiger partial charge in [0.05, 0.1) is 5.71 Å². The minimum Gasteiger partial charge on any atom is -0.388 e. The first-order chi connectivity index (χ1) is 13.1. The maximum Gasteiger partial charge on any atom is 0.164 e. The summed E-state index contributed by atoms with van der Waals surface area (Å²) in [4.78, 5) is 9.53. The summed E-state index contributed by atoms with van der Waals surface area (Å²) in [6, 6.07) is -0.148. The molecule has 7 heteroatoms. The van der Waals surface area contributed by atoms with Gasteiger partial charge in [-0.2, -0.15) is 0 Å². The molecule has 2 unspecified atom stereocenters. The lowest BCUT2D eigenvalue weighted by atomic mass is 9.92. The maximum absolute atomic E-state index is 10.7. The summed E-state index contributed by atoms with van der Waals surface area (Å²) < 4.78 is 5.83. The smallest absolute Gasteiger partial charge is 0.164 e. The molecule has 0 spiro atoms. The lowest BCUT2D eigenvalue weighted by Crippen LogP contribution is -2.45. The Morgan fingerprint density at radius 1 is 1.48 bits per heavy atom. The standard InChI is InChI=1S/C20H28N4O3/c1-4-26-20-17(15-8-6-5-7-9-15)10-16(11-21-20)19(25)22-13(2)18-12-27-24-14(3)23-18/h5-6,8,10-11,13,19-22,25H,4,7,9,12H2,1-3H3/t13-,19?,20?/m1/s1. The van der Waals surface area contributed by atoms with Crippen LogP contribution in [0.2, 0.25) is 0 Å². The highest BCUT2D eigenvalue weighted by Gasteiger charge is 2.25. The van der Waals surface area contributed by atoms with Crippen molar-refractivity contribution in [1.82, 2.24) is 10.6 Å². The van der Waals surface area contributed by atoms with Crippen LogP contribution in [0.15, 0.2) is 57.4 Å². The summed E-state index contributed by atoms with van der Waals surface area (Å²) in [5, 5.41) is 20.9. The summed E-state index contributed by atoms with van der Waals surface area (Å²) >= 11 is 0. The Labute approximate surface area is 160 Å². The van der Waals surface area contributed by atoms with E-state index in [2.05, 4.69) is 39.0 Å². The number of aliphatic imine (C=N–C) groups is 1. The average molecular weight is 372 g/mol. The Morgan fingerprint density at radius 2 is 2.33 bits per heavy atom. The summed E-state index contributed by atoms with van der Waals surface area (Å²) in [7, 11) is 0. The fourth-order valence-electron chi connectivity index (χ4n) is 3.23. The van der Waals surface area contributed by atoms with E-state index in [1.54, 1.807) is 13.1 Å². The molecule has 7 nitrogen and oxygen atoms in total. The van der Waals surface area contributed by atoms with Gasteiger partial charge in [0.2, 0.25) is 0 Å². The largest absolute Gasteiger partial charge is 0.388 e. The van der Waals surface area contributed by atoms with Crippen LogP contribution in [0.5, 0.6) is 0 Å². The molecule has 0 bridgehead atoms. The minimum absolute atomic E-state index is 0.148. The van der Waals surface area contributed by atoms with Crippen molar-refractivity contribution in [1.29, 1.82) is 0 Å². The van der Waals surface area contributed by atoms with Crippen LogP contribution in [-0.2, 0) is 9.57 Å². The van der Waals surface area contributed by atoms with Crippen molar-refractivity contribution in [2.24, 2.45) is 10.1 Å². The van der Waals surface area contributed by atoms with Crippen LogP contribution in [-0.4, -0.2) is 48.4 Å². The number of oxime groups is 1. The molecule has 2 heterocycles. The van der Waals surface area contributed by atoms with Crippen LogP contribution in [0.3, 0.4) is 0 Å². The third kappa shape index (κ3) is 4.94. The number of dihydropyridines is 1. The molecule has 0 aromatic rings. The van der Waals surface area contributed by atoms with E-state index in [9.17, 15) is 5.11 Å². The predicted molar refractivity (Wildman–Crippen MR) is 106 cm³/mol. The van der Waals surface area contributed by atoms with E-state index in [1.807, 2.05) is 19.9 Å². The molecule has 0 aromatic heterocycles. The Kier molecular flexibility index (Phi) is 6.60. The van der Waals surface area contributed by atoms with Gasteiger partial charge in [0.25, 0.3) is 0 Å². The highest BCUT2D eigenvalue weighted by Crippen LogP contribution is 2.27. The second kappa shape index (κ2) is 9.12. The lowest BCUT2D eigenvalue weighted by molar-refractivity contribution is 0.0724. The zero-order chi connectivity index (χ0) is 19.2. The first-order valence-electron chi connectivity index (χ1n) is 9.42. The summed E-state index contributed by atoms with van der Waals surface area (Å²) in [5.74, 6) is 0.581. The average Bonchev–Trinajstić information content (AvgIpc) is 2.69. The summed E-state index contributed by atoms with van der Waals surface area (Å²) in [6.45, 7) is 6.64. The monoisotopic (exact) mass is 372 g/mol. The number of aliphatic hydroxyl groups is 1. The second-order valence-corrected chi connectivity index (χ2v) is 6.71. The van der Waals surface area contributed by atoms with Crippen molar-refractivity contribution < 1.29 is 14.7 Å². The molecule has 0 radical (unpaired) electrons. The fraction of sp³-hybridized carbons (Fsp3) is 0.500. The van der Waals surface area contributed by atoms with Gasteiger partial charge in [0.15, 0.2) is 18.7 Å². The number of hydrogen-bond donors (Lipinski definition) is 3. The van der Waals surface area contributed by atoms with E-state index >= 15 is 0 Å². The van der Waals surface area contributed by atoms with Gasteiger partial charge in [-0.3, -0.25) is 5.32 Å². The fourth-order valence-corrected chi connectivity index (χ4v) is 3.23. The SMILES string of the molecule is CCOC1NC=C(C(O)N[C@H](C)C2=NC(C)=NOC2)C=C1C1=CC=CCC1. The number of hydrogen-bond acceptors (Lipinski definition) is 7. The Balaban J connectivity index is 1.73. The van der Waals surface area contributed by atoms with Crippen molar-refractivity contribution in [2.45, 2.75) is 52.1 Å². The van der Waals surface area contributed by atoms with Crippen LogP contribution >= 0.6 is 0 Å². The van der Waals surface area contributed by atoms with Gasteiger partial charge in [-0.1, -0.05) is 23.4 Å². The van der Waals surface area contributed by atoms with Crippen molar-refractivity contribution in [3.05, 3.63) is 47.2 Å². The van der Waals surface area contributed by atoms with E-state index in [4.69, 9.17) is 9.57 Å². The van der Waals surface area contributed by atoms with Crippen LogP contribution in [0.4, 0.5) is 0 Å². The molecule has 2 aliphatic heterocycles. The molecule has 1 aliphatic carbocycles. The predicted octanol–water partition coefficient (Wildman–Crippen LogP) is 2.14. The number of aliphatic hydroxyl groups excluding tert-OH is 1. The van der Waals surface area contributed by atoms with E-state index in [-0.39, 0.29) is 12.3 Å². The van der Waals surface area contributed by atoms with Crippen molar-refractivity contribution in [3.63, 3.8) is 0 Å². The van der Waals surface area contributed by atoms with Gasteiger partial charge in [0.1, 0.15) is 6.23 Å². The number of nitrogens with one attached hydrogen (secondary N) is 2. The quantitative estimate of drug-likeness (QED) is 0.596. The summed E-state index contributed by atoms with van der Waals surface area (Å²) in [5.41, 5.74) is 3.85. The van der Waals surface area contributed by atoms with Gasteiger partial charge in [-0.15, -0.1) is 0 Å². The summed E-state index contributed by atoms with van der Waals surface area (Å²) in [6.07, 6.45) is 11.1. The molecule has 27 heavy (non-hydrogen) atoms.